The number of nitrogens with zero attached hydrogens (tertiary/aromatic N) is 2. The van der Waals surface area contributed by atoms with Crippen LogP contribution < -0.4 is 5.32 Å². The number of oxazole rings is 1. The topological polar surface area (TPSA) is 41.3 Å². The van der Waals surface area contributed by atoms with Gasteiger partial charge in [0, 0.05) is 24.7 Å². The van der Waals surface area contributed by atoms with E-state index < -0.39 is 0 Å². The van der Waals surface area contributed by atoms with Crippen LogP contribution in [0.1, 0.15) is 63.6 Å². The predicted molar refractivity (Wildman–Crippen MR) is 79.6 cm³/mol. The van der Waals surface area contributed by atoms with Gasteiger partial charge in [-0.05, 0) is 33.1 Å². The van der Waals surface area contributed by atoms with Gasteiger partial charge in [-0.1, -0.05) is 19.8 Å². The van der Waals surface area contributed by atoms with Crippen molar-refractivity contribution in [3.05, 3.63) is 17.8 Å². The summed E-state index contributed by atoms with van der Waals surface area (Å²) in [6.45, 7) is 8.72. The summed E-state index contributed by atoms with van der Waals surface area (Å²) in [5, 5.41) is 3.84. The normalized spacial score (nSPS) is 28.1. The first kappa shape index (κ1) is 14.1. The molecule has 1 aromatic heterocycles. The van der Waals surface area contributed by atoms with Crippen LogP contribution in [0.25, 0.3) is 0 Å². The molecule has 2 fully saturated rings. The number of rotatable bonds is 3. The summed E-state index contributed by atoms with van der Waals surface area (Å²) in [6, 6.07) is 0.858. The maximum absolute atomic E-state index is 5.77. The molecule has 1 N–H and O–H groups in total. The average Bonchev–Trinajstić information content (AvgIpc) is 3.08. The first-order valence-electron chi connectivity index (χ1n) is 8.07. The molecule has 1 aromatic rings. The second-order valence-electron chi connectivity index (χ2n) is 6.59. The fourth-order valence-corrected chi connectivity index (χ4v) is 3.91. The standard InChI is InChI=1S/C16H27N3O/c1-4-14-10-18-16(7-5-6-8-16)11-19(14)13(3)15-17-9-12(2)20-15/h9,13-14,18H,4-8,10-11H2,1-3H3. The number of aromatic nitrogens is 1. The van der Waals surface area contributed by atoms with Gasteiger partial charge in [0.1, 0.15) is 5.76 Å². The maximum atomic E-state index is 5.77. The Morgan fingerprint density at radius 1 is 1.50 bits per heavy atom. The van der Waals surface area contributed by atoms with E-state index in [-0.39, 0.29) is 6.04 Å². The minimum absolute atomic E-state index is 0.272. The first-order valence-corrected chi connectivity index (χ1v) is 8.07. The van der Waals surface area contributed by atoms with E-state index in [1.807, 2.05) is 13.1 Å². The van der Waals surface area contributed by atoms with Gasteiger partial charge < -0.3 is 9.73 Å². The highest BCUT2D eigenvalue weighted by Gasteiger charge is 2.42. The molecule has 20 heavy (non-hydrogen) atoms. The number of nitrogens with one attached hydrogen (secondary N) is 1. The molecule has 2 heterocycles. The Hall–Kier alpha value is -0.870. The van der Waals surface area contributed by atoms with Crippen molar-refractivity contribution in [2.24, 2.45) is 0 Å². The van der Waals surface area contributed by atoms with Crippen molar-refractivity contribution in [3.63, 3.8) is 0 Å². The molecule has 1 aliphatic heterocycles. The minimum atomic E-state index is 0.272. The zero-order chi connectivity index (χ0) is 14.2. The Bertz CT molecular complexity index is 450. The Labute approximate surface area is 121 Å². The third-order valence-corrected chi connectivity index (χ3v) is 5.19. The van der Waals surface area contributed by atoms with Crippen molar-refractivity contribution in [1.29, 1.82) is 0 Å². The molecule has 0 bridgehead atoms. The summed E-state index contributed by atoms with van der Waals surface area (Å²) in [4.78, 5) is 7.06. The first-order chi connectivity index (χ1) is 9.63. The molecule has 0 amide bonds. The summed E-state index contributed by atoms with van der Waals surface area (Å²) in [5.74, 6) is 1.78. The van der Waals surface area contributed by atoms with E-state index in [2.05, 4.69) is 29.0 Å². The zero-order valence-electron chi connectivity index (χ0n) is 13.0. The Morgan fingerprint density at radius 2 is 2.25 bits per heavy atom. The highest BCUT2D eigenvalue weighted by atomic mass is 16.4. The highest BCUT2D eigenvalue weighted by Crippen LogP contribution is 2.36. The SMILES string of the molecule is CCC1CNC2(CCCC2)CN1C(C)c1ncc(C)o1. The van der Waals surface area contributed by atoms with Crippen molar-refractivity contribution in [1.82, 2.24) is 15.2 Å². The van der Waals surface area contributed by atoms with Gasteiger partial charge in [-0.2, -0.15) is 0 Å². The molecular weight excluding hydrogens is 250 g/mol. The monoisotopic (exact) mass is 277 g/mol. The summed E-state index contributed by atoms with van der Waals surface area (Å²) >= 11 is 0. The lowest BCUT2D eigenvalue weighted by molar-refractivity contribution is 0.0366. The van der Waals surface area contributed by atoms with Crippen molar-refractivity contribution >= 4 is 0 Å². The molecule has 1 saturated heterocycles. The molecule has 4 heteroatoms. The fourth-order valence-electron chi connectivity index (χ4n) is 3.91. The van der Waals surface area contributed by atoms with Crippen LogP contribution in [-0.4, -0.2) is 34.6 Å². The number of aryl methyl sites for hydroxylation is 1. The number of hydrogen-bond donors (Lipinski definition) is 1. The molecule has 2 aliphatic rings. The molecular formula is C16H27N3O. The van der Waals surface area contributed by atoms with E-state index >= 15 is 0 Å². The molecule has 2 atom stereocenters. The van der Waals surface area contributed by atoms with E-state index in [9.17, 15) is 0 Å². The highest BCUT2D eigenvalue weighted by molar-refractivity contribution is 5.05. The Balaban J connectivity index is 1.79. The van der Waals surface area contributed by atoms with Gasteiger partial charge in [-0.3, -0.25) is 4.90 Å². The molecule has 3 rings (SSSR count). The van der Waals surface area contributed by atoms with Crippen molar-refractivity contribution < 1.29 is 4.42 Å². The largest absolute Gasteiger partial charge is 0.444 e. The Kier molecular flexibility index (Phi) is 3.87. The van der Waals surface area contributed by atoms with E-state index in [1.54, 1.807) is 0 Å². The molecule has 1 saturated carbocycles. The Morgan fingerprint density at radius 3 is 2.85 bits per heavy atom. The van der Waals surface area contributed by atoms with E-state index in [0.717, 1.165) is 24.7 Å². The van der Waals surface area contributed by atoms with E-state index in [1.165, 1.54) is 32.1 Å². The van der Waals surface area contributed by atoms with Crippen LogP contribution in [0.15, 0.2) is 10.6 Å². The predicted octanol–water partition coefficient (Wildman–Crippen LogP) is 3.04. The van der Waals surface area contributed by atoms with Crippen LogP contribution in [0.3, 0.4) is 0 Å². The van der Waals surface area contributed by atoms with Crippen LogP contribution in [0.2, 0.25) is 0 Å². The average molecular weight is 277 g/mol. The lowest BCUT2D eigenvalue weighted by Crippen LogP contribution is -2.63. The van der Waals surface area contributed by atoms with Gasteiger partial charge in [0.25, 0.3) is 0 Å². The summed E-state index contributed by atoms with van der Waals surface area (Å²) < 4.78 is 5.77. The van der Waals surface area contributed by atoms with Gasteiger partial charge in [0.05, 0.1) is 12.2 Å². The van der Waals surface area contributed by atoms with Gasteiger partial charge in [0.2, 0.25) is 5.89 Å². The lowest BCUT2D eigenvalue weighted by Gasteiger charge is -2.48. The third kappa shape index (κ3) is 2.51. The molecule has 1 aliphatic carbocycles. The molecule has 4 nitrogen and oxygen atoms in total. The van der Waals surface area contributed by atoms with Gasteiger partial charge in [0.15, 0.2) is 0 Å². The maximum Gasteiger partial charge on any atom is 0.211 e. The minimum Gasteiger partial charge on any atom is -0.444 e. The molecule has 112 valence electrons. The summed E-state index contributed by atoms with van der Waals surface area (Å²) in [7, 11) is 0. The number of piperazine rings is 1. The summed E-state index contributed by atoms with van der Waals surface area (Å²) in [6.07, 6.45) is 8.37. The van der Waals surface area contributed by atoms with Crippen molar-refractivity contribution in [2.45, 2.75) is 70.5 Å². The second-order valence-corrected chi connectivity index (χ2v) is 6.59. The smallest absolute Gasteiger partial charge is 0.211 e. The molecule has 2 unspecified atom stereocenters. The van der Waals surface area contributed by atoms with Crippen LogP contribution in [0.5, 0.6) is 0 Å². The third-order valence-electron chi connectivity index (χ3n) is 5.19. The van der Waals surface area contributed by atoms with Crippen LogP contribution in [-0.2, 0) is 0 Å². The summed E-state index contributed by atoms with van der Waals surface area (Å²) in [5.41, 5.74) is 0.349. The van der Waals surface area contributed by atoms with Gasteiger partial charge >= 0.3 is 0 Å². The van der Waals surface area contributed by atoms with Crippen molar-refractivity contribution in [3.8, 4) is 0 Å². The zero-order valence-corrected chi connectivity index (χ0v) is 13.0. The molecule has 0 aromatic carbocycles. The van der Waals surface area contributed by atoms with Crippen LogP contribution in [0.4, 0.5) is 0 Å². The molecule has 0 radical (unpaired) electrons. The quantitative estimate of drug-likeness (QED) is 0.922. The lowest BCUT2D eigenvalue weighted by atomic mass is 9.90. The number of hydrogen-bond acceptors (Lipinski definition) is 4. The molecule has 1 spiro atoms. The van der Waals surface area contributed by atoms with E-state index in [4.69, 9.17) is 4.42 Å². The second kappa shape index (κ2) is 5.49. The van der Waals surface area contributed by atoms with Crippen LogP contribution >= 0.6 is 0 Å². The van der Waals surface area contributed by atoms with E-state index in [0.29, 0.717) is 11.6 Å². The van der Waals surface area contributed by atoms with Gasteiger partial charge in [-0.25, -0.2) is 4.98 Å². The van der Waals surface area contributed by atoms with Crippen molar-refractivity contribution in [2.75, 3.05) is 13.1 Å². The van der Waals surface area contributed by atoms with Crippen LogP contribution in [0, 0.1) is 6.92 Å². The van der Waals surface area contributed by atoms with Gasteiger partial charge in [-0.15, -0.1) is 0 Å². The fraction of sp³-hybridized carbons (Fsp3) is 0.812.